The minimum absolute atomic E-state index is 0.807. The van der Waals surface area contributed by atoms with E-state index in [2.05, 4.69) is 0 Å². The number of halogens is 2. The molecule has 0 saturated carbocycles. The van der Waals surface area contributed by atoms with Crippen molar-refractivity contribution in [2.75, 3.05) is 0 Å². The Morgan fingerprint density at radius 3 is 2.73 bits per heavy atom. The Morgan fingerprint density at radius 1 is 1.45 bits per heavy atom. The van der Waals surface area contributed by atoms with Gasteiger partial charge in [0, 0.05) is 10.8 Å². The van der Waals surface area contributed by atoms with E-state index in [0.717, 1.165) is 16.3 Å². The quantitative estimate of drug-likeness (QED) is 0.705. The van der Waals surface area contributed by atoms with Gasteiger partial charge in [-0.1, -0.05) is 34.7 Å². The molecule has 0 atom stereocenters. The molecule has 0 saturated heterocycles. The van der Waals surface area contributed by atoms with E-state index in [1.807, 2.05) is 25.1 Å². The number of hydrogen-bond acceptors (Lipinski definition) is 1. The van der Waals surface area contributed by atoms with Gasteiger partial charge in [0.1, 0.15) is 0 Å². The van der Waals surface area contributed by atoms with E-state index in [-0.39, 0.29) is 0 Å². The van der Waals surface area contributed by atoms with E-state index in [9.17, 15) is 0 Å². The van der Waals surface area contributed by atoms with Crippen LogP contribution in [0, 0.1) is 6.92 Å². The third-order valence-corrected chi connectivity index (χ3v) is 2.63. The summed E-state index contributed by atoms with van der Waals surface area (Å²) in [5, 5.41) is 0.813. The van der Waals surface area contributed by atoms with Crippen molar-refractivity contribution in [2.24, 2.45) is 0 Å². The van der Waals surface area contributed by atoms with E-state index in [1.165, 1.54) is 16.5 Å². The largest absolute Gasteiger partial charge is 0.0840 e. The van der Waals surface area contributed by atoms with Crippen molar-refractivity contribution in [1.29, 1.82) is 0 Å². The first-order chi connectivity index (χ1) is 5.24. The van der Waals surface area contributed by atoms with Gasteiger partial charge in [-0.15, -0.1) is 0 Å². The SMILES string of the molecule is Cc1ccc(CSCl)cc1Cl. The van der Waals surface area contributed by atoms with Crippen LogP contribution in [-0.4, -0.2) is 0 Å². The zero-order chi connectivity index (χ0) is 8.27. The van der Waals surface area contributed by atoms with Crippen LogP contribution in [0.2, 0.25) is 5.02 Å². The van der Waals surface area contributed by atoms with Gasteiger partial charge in [-0.25, -0.2) is 0 Å². The molecule has 1 aromatic rings. The lowest BCUT2D eigenvalue weighted by Crippen LogP contribution is -1.80. The molecule has 0 spiro atoms. The van der Waals surface area contributed by atoms with E-state index in [0.29, 0.717) is 0 Å². The summed E-state index contributed by atoms with van der Waals surface area (Å²) in [4.78, 5) is 0. The molecule has 0 aliphatic rings. The summed E-state index contributed by atoms with van der Waals surface area (Å²) < 4.78 is 0. The summed E-state index contributed by atoms with van der Waals surface area (Å²) in [5.74, 6) is 0.807. The van der Waals surface area contributed by atoms with Gasteiger partial charge >= 0.3 is 0 Å². The number of hydrogen-bond donors (Lipinski definition) is 0. The molecule has 11 heavy (non-hydrogen) atoms. The maximum Gasteiger partial charge on any atom is 0.0438 e. The highest BCUT2D eigenvalue weighted by Gasteiger charge is 1.96. The van der Waals surface area contributed by atoms with Gasteiger partial charge in [-0.3, -0.25) is 0 Å². The van der Waals surface area contributed by atoms with Crippen molar-refractivity contribution in [3.63, 3.8) is 0 Å². The fourth-order valence-electron chi connectivity index (χ4n) is 0.789. The van der Waals surface area contributed by atoms with Gasteiger partial charge in [0.25, 0.3) is 0 Å². The van der Waals surface area contributed by atoms with Crippen molar-refractivity contribution in [1.82, 2.24) is 0 Å². The van der Waals surface area contributed by atoms with E-state index in [1.54, 1.807) is 0 Å². The minimum Gasteiger partial charge on any atom is -0.0840 e. The average molecular weight is 207 g/mol. The second kappa shape index (κ2) is 4.24. The lowest BCUT2D eigenvalue weighted by Gasteiger charge is -2.00. The van der Waals surface area contributed by atoms with Gasteiger partial charge in [0.2, 0.25) is 0 Å². The Bertz CT molecular complexity index is 248. The van der Waals surface area contributed by atoms with E-state index < -0.39 is 0 Å². The maximum atomic E-state index is 5.90. The standard InChI is InChI=1S/C8H8Cl2S/c1-6-2-3-7(5-11-10)4-8(6)9/h2-4H,5H2,1H3. The molecular weight excluding hydrogens is 199 g/mol. The van der Waals surface area contributed by atoms with Crippen molar-refractivity contribution in [3.05, 3.63) is 34.3 Å². The van der Waals surface area contributed by atoms with Gasteiger partial charge in [0.05, 0.1) is 0 Å². The van der Waals surface area contributed by atoms with Gasteiger partial charge in [0.15, 0.2) is 0 Å². The zero-order valence-corrected chi connectivity index (χ0v) is 8.43. The second-order valence-electron chi connectivity index (χ2n) is 2.34. The Labute approximate surface area is 80.4 Å². The Balaban J connectivity index is 2.86. The molecule has 3 heteroatoms. The van der Waals surface area contributed by atoms with Crippen LogP contribution in [-0.2, 0) is 5.75 Å². The Morgan fingerprint density at radius 2 is 2.18 bits per heavy atom. The zero-order valence-electron chi connectivity index (χ0n) is 6.10. The molecule has 0 unspecified atom stereocenters. The predicted molar refractivity (Wildman–Crippen MR) is 53.3 cm³/mol. The summed E-state index contributed by atoms with van der Waals surface area (Å²) in [6, 6.07) is 5.99. The molecular formula is C8H8Cl2S. The average Bonchev–Trinajstić information content (AvgIpc) is 1.98. The second-order valence-corrected chi connectivity index (χ2v) is 3.91. The van der Waals surface area contributed by atoms with Crippen molar-refractivity contribution in [3.8, 4) is 0 Å². The monoisotopic (exact) mass is 206 g/mol. The molecule has 0 fully saturated rings. The normalized spacial score (nSPS) is 10.1. The van der Waals surface area contributed by atoms with Crippen LogP contribution in [0.5, 0.6) is 0 Å². The molecule has 0 heterocycles. The van der Waals surface area contributed by atoms with Crippen molar-refractivity contribution >= 4 is 33.3 Å². The summed E-state index contributed by atoms with van der Waals surface area (Å²) >= 11 is 5.90. The molecule has 0 amide bonds. The third-order valence-electron chi connectivity index (χ3n) is 1.46. The van der Waals surface area contributed by atoms with Gasteiger partial charge < -0.3 is 0 Å². The minimum atomic E-state index is 0.807. The summed E-state index contributed by atoms with van der Waals surface area (Å²) in [7, 11) is 6.78. The fourth-order valence-corrected chi connectivity index (χ4v) is 1.68. The highest BCUT2D eigenvalue weighted by molar-refractivity contribution is 8.20. The molecule has 60 valence electrons. The number of rotatable bonds is 2. The molecule has 1 aromatic carbocycles. The lowest BCUT2D eigenvalue weighted by atomic mass is 10.2. The maximum absolute atomic E-state index is 5.90. The van der Waals surface area contributed by atoms with Crippen molar-refractivity contribution < 1.29 is 0 Å². The highest BCUT2D eigenvalue weighted by atomic mass is 35.7. The van der Waals surface area contributed by atoms with Gasteiger partial charge in [-0.05, 0) is 34.8 Å². The topological polar surface area (TPSA) is 0 Å². The van der Waals surface area contributed by atoms with Crippen LogP contribution in [0.1, 0.15) is 11.1 Å². The van der Waals surface area contributed by atoms with Crippen molar-refractivity contribution in [2.45, 2.75) is 12.7 Å². The molecule has 0 nitrogen and oxygen atoms in total. The summed E-state index contributed by atoms with van der Waals surface area (Å²) in [6.45, 7) is 1.99. The summed E-state index contributed by atoms with van der Waals surface area (Å²) in [6.07, 6.45) is 0. The van der Waals surface area contributed by atoms with Crippen LogP contribution in [0.15, 0.2) is 18.2 Å². The van der Waals surface area contributed by atoms with E-state index in [4.69, 9.17) is 22.3 Å². The predicted octanol–water partition coefficient (Wildman–Crippen LogP) is 4.04. The Kier molecular flexibility index (Phi) is 3.57. The van der Waals surface area contributed by atoms with E-state index >= 15 is 0 Å². The fraction of sp³-hybridized carbons (Fsp3) is 0.250. The van der Waals surface area contributed by atoms with Crippen LogP contribution in [0.4, 0.5) is 0 Å². The third kappa shape index (κ3) is 2.58. The first-order valence-electron chi connectivity index (χ1n) is 3.22. The molecule has 0 aliphatic heterocycles. The highest BCUT2D eigenvalue weighted by Crippen LogP contribution is 2.21. The number of benzene rings is 1. The summed E-state index contributed by atoms with van der Waals surface area (Å²) in [5.41, 5.74) is 2.27. The smallest absolute Gasteiger partial charge is 0.0438 e. The first kappa shape index (κ1) is 9.24. The van der Waals surface area contributed by atoms with Gasteiger partial charge in [-0.2, -0.15) is 0 Å². The molecule has 1 rings (SSSR count). The van der Waals surface area contributed by atoms with Crippen LogP contribution < -0.4 is 0 Å². The Hall–Kier alpha value is 0.150. The van der Waals surface area contributed by atoms with Crippen LogP contribution in [0.3, 0.4) is 0 Å². The molecule has 0 N–H and O–H groups in total. The molecule has 0 radical (unpaired) electrons. The number of aryl methyl sites for hydroxylation is 1. The van der Waals surface area contributed by atoms with Crippen LogP contribution >= 0.6 is 33.3 Å². The molecule has 0 bridgehead atoms. The first-order valence-corrected chi connectivity index (χ1v) is 5.41. The molecule has 0 aromatic heterocycles. The molecule has 0 aliphatic carbocycles. The van der Waals surface area contributed by atoms with Crippen LogP contribution in [0.25, 0.3) is 0 Å². The lowest BCUT2D eigenvalue weighted by molar-refractivity contribution is 1.37.